The highest BCUT2D eigenvalue weighted by molar-refractivity contribution is 8.93. The monoisotopic (exact) mass is 414 g/mol. The Kier molecular flexibility index (Phi) is 33.1. The van der Waals surface area contributed by atoms with Crippen molar-refractivity contribution in [1.29, 1.82) is 0 Å². The standard InChI is InChI=1S/2C4H9NO.3BrH/c2*1-4(6)5(2)3;;;/h2*1-3H3;3*1H. The molecule has 0 bridgehead atoms. The van der Waals surface area contributed by atoms with Gasteiger partial charge in [-0.05, 0) is 0 Å². The number of rotatable bonds is 0. The molecule has 0 aliphatic heterocycles. The molecule has 2 amide bonds. The molecular weight excluding hydrogens is 396 g/mol. The Labute approximate surface area is 125 Å². The number of hydrogen-bond acceptors (Lipinski definition) is 2. The molecule has 4 nitrogen and oxygen atoms in total. The van der Waals surface area contributed by atoms with Crippen molar-refractivity contribution in [3.05, 3.63) is 0 Å². The SMILES string of the molecule is Br.Br.CC(=O)N(C)C.CC(=O)N(C)C.[Br-].[H+]. The van der Waals surface area contributed by atoms with Crippen molar-refractivity contribution in [3.8, 4) is 0 Å². The highest BCUT2D eigenvalue weighted by atomic mass is 79.9. The molecule has 0 atom stereocenters. The predicted molar refractivity (Wildman–Crippen MR) is 70.5 cm³/mol. The Balaban J connectivity index is -0.0000000250. The lowest BCUT2D eigenvalue weighted by molar-refractivity contribution is -0.127. The average molecular weight is 417 g/mol. The first kappa shape index (κ1) is 29.5. The van der Waals surface area contributed by atoms with Crippen molar-refractivity contribution in [2.75, 3.05) is 28.2 Å². The first-order valence-corrected chi connectivity index (χ1v) is 3.64. The van der Waals surface area contributed by atoms with Gasteiger partial charge in [-0.3, -0.25) is 9.59 Å². The predicted octanol–water partition coefficient (Wildman–Crippen LogP) is -1.54. The summed E-state index contributed by atoms with van der Waals surface area (Å²) in [6, 6.07) is 0. The lowest BCUT2D eigenvalue weighted by Crippen LogP contribution is -3.00. The molecule has 0 aliphatic rings. The zero-order chi connectivity index (χ0) is 10.3. The van der Waals surface area contributed by atoms with Crippen LogP contribution in [-0.2, 0) is 9.59 Å². The molecule has 7 heteroatoms. The first-order chi connectivity index (χ1) is 5.29. The summed E-state index contributed by atoms with van der Waals surface area (Å²) >= 11 is 0. The van der Waals surface area contributed by atoms with Crippen LogP contribution < -0.4 is 17.0 Å². The second-order valence-electron chi connectivity index (χ2n) is 2.83. The van der Waals surface area contributed by atoms with Crippen LogP contribution in [0.15, 0.2) is 0 Å². The third kappa shape index (κ3) is 31.4. The zero-order valence-electron chi connectivity index (χ0n) is 10.9. The van der Waals surface area contributed by atoms with E-state index in [0.29, 0.717) is 0 Å². The maximum absolute atomic E-state index is 10.1. The topological polar surface area (TPSA) is 40.6 Å². The second kappa shape index (κ2) is 16.8. The van der Waals surface area contributed by atoms with E-state index in [0.717, 1.165) is 0 Å². The fourth-order valence-electron chi connectivity index (χ4n) is 0. The van der Waals surface area contributed by atoms with Gasteiger partial charge in [0.25, 0.3) is 0 Å². The van der Waals surface area contributed by atoms with Crippen LogP contribution in [0, 0.1) is 0 Å². The molecule has 0 heterocycles. The largest absolute Gasteiger partial charge is 1.00 e. The molecule has 15 heavy (non-hydrogen) atoms. The smallest absolute Gasteiger partial charge is 1.00 e. The van der Waals surface area contributed by atoms with Crippen molar-refractivity contribution < 1.29 is 28.0 Å². The molecule has 0 saturated carbocycles. The molecule has 0 N–H and O–H groups in total. The fourth-order valence-corrected chi connectivity index (χ4v) is 0. The van der Waals surface area contributed by atoms with Crippen molar-refractivity contribution in [1.82, 2.24) is 9.80 Å². The minimum atomic E-state index is 0. The quantitative estimate of drug-likeness (QED) is 0.480. The molecule has 96 valence electrons. The van der Waals surface area contributed by atoms with Crippen molar-refractivity contribution in [2.24, 2.45) is 0 Å². The van der Waals surface area contributed by atoms with E-state index in [9.17, 15) is 9.59 Å². The van der Waals surface area contributed by atoms with E-state index in [-0.39, 0.29) is 64.2 Å². The molecule has 0 saturated heterocycles. The van der Waals surface area contributed by atoms with Crippen molar-refractivity contribution in [3.63, 3.8) is 0 Å². The molecule has 0 fully saturated rings. The summed E-state index contributed by atoms with van der Waals surface area (Å²) in [4.78, 5) is 23.2. The Morgan fingerprint density at radius 1 is 0.800 bits per heavy atom. The molecule has 0 rings (SSSR count). The van der Waals surface area contributed by atoms with E-state index in [1.165, 1.54) is 23.6 Å². The van der Waals surface area contributed by atoms with E-state index < -0.39 is 0 Å². The van der Waals surface area contributed by atoms with Gasteiger partial charge in [0.05, 0.1) is 0 Å². The molecule has 0 aliphatic carbocycles. The second-order valence-corrected chi connectivity index (χ2v) is 2.83. The number of amides is 2. The van der Waals surface area contributed by atoms with E-state index in [1.54, 1.807) is 28.2 Å². The van der Waals surface area contributed by atoms with Gasteiger partial charge in [0.15, 0.2) is 0 Å². The van der Waals surface area contributed by atoms with E-state index >= 15 is 0 Å². The summed E-state index contributed by atoms with van der Waals surface area (Å²) < 4.78 is 0. The Hall–Kier alpha value is 0.380. The van der Waals surface area contributed by atoms with Crippen LogP contribution >= 0.6 is 34.0 Å². The highest BCUT2D eigenvalue weighted by Crippen LogP contribution is 1.70. The minimum absolute atomic E-state index is 0. The maximum atomic E-state index is 10.1. The van der Waals surface area contributed by atoms with Crippen LogP contribution in [0.1, 0.15) is 15.3 Å². The third-order valence-electron chi connectivity index (χ3n) is 1.26. The number of carbonyl (C=O) groups excluding carboxylic acids is 2. The van der Waals surface area contributed by atoms with Gasteiger partial charge in [-0.2, -0.15) is 0 Å². The van der Waals surface area contributed by atoms with Gasteiger partial charge in [-0.15, -0.1) is 34.0 Å². The van der Waals surface area contributed by atoms with Crippen molar-refractivity contribution >= 4 is 45.8 Å². The average Bonchev–Trinajstić information content (AvgIpc) is 1.88. The highest BCUT2D eigenvalue weighted by Gasteiger charge is 1.88. The fraction of sp³-hybridized carbons (Fsp3) is 0.750. The first-order valence-electron chi connectivity index (χ1n) is 3.64. The van der Waals surface area contributed by atoms with Gasteiger partial charge in [-0.1, -0.05) is 0 Å². The van der Waals surface area contributed by atoms with Crippen LogP contribution in [0.3, 0.4) is 0 Å². The van der Waals surface area contributed by atoms with Gasteiger partial charge >= 0.3 is 1.43 Å². The van der Waals surface area contributed by atoms with E-state index in [4.69, 9.17) is 0 Å². The molecule has 0 unspecified atom stereocenters. The Morgan fingerprint density at radius 2 is 0.867 bits per heavy atom. The van der Waals surface area contributed by atoms with Gasteiger partial charge in [0.2, 0.25) is 11.8 Å². The lowest BCUT2D eigenvalue weighted by Gasteiger charge is -2.02. The molecule has 0 aromatic carbocycles. The minimum Gasteiger partial charge on any atom is -1.00 e. The van der Waals surface area contributed by atoms with Gasteiger partial charge in [-0.25, -0.2) is 0 Å². The summed E-state index contributed by atoms with van der Waals surface area (Å²) in [6.07, 6.45) is 0. The number of halogens is 3. The van der Waals surface area contributed by atoms with Crippen LogP contribution in [0.2, 0.25) is 0 Å². The van der Waals surface area contributed by atoms with Crippen molar-refractivity contribution in [2.45, 2.75) is 13.8 Å². The van der Waals surface area contributed by atoms with Crippen LogP contribution in [0.25, 0.3) is 0 Å². The summed E-state index contributed by atoms with van der Waals surface area (Å²) in [7, 11) is 6.90. The molecule has 0 aromatic heterocycles. The van der Waals surface area contributed by atoms with Gasteiger partial charge in [0, 0.05) is 42.0 Å². The third-order valence-corrected chi connectivity index (χ3v) is 1.26. The zero-order valence-corrected chi connectivity index (χ0v) is 14.9. The molecule has 0 radical (unpaired) electrons. The van der Waals surface area contributed by atoms with Crippen LogP contribution in [-0.4, -0.2) is 49.8 Å². The summed E-state index contributed by atoms with van der Waals surface area (Å²) in [5.74, 6) is 0.185. The molecular formula is C8H21Br3N2O2. The molecule has 0 spiro atoms. The van der Waals surface area contributed by atoms with Crippen LogP contribution in [0.4, 0.5) is 0 Å². The normalized spacial score (nSPS) is 6.27. The summed E-state index contributed by atoms with van der Waals surface area (Å²) in [5.41, 5.74) is 0. The Morgan fingerprint density at radius 3 is 0.867 bits per heavy atom. The summed E-state index contributed by atoms with van der Waals surface area (Å²) in [5, 5.41) is 0. The van der Waals surface area contributed by atoms with Gasteiger partial charge in [0.1, 0.15) is 0 Å². The molecule has 0 aromatic rings. The number of carbonyl (C=O) groups is 2. The summed E-state index contributed by atoms with van der Waals surface area (Å²) in [6.45, 7) is 3.06. The van der Waals surface area contributed by atoms with Crippen LogP contribution in [0.5, 0.6) is 0 Å². The number of hydrogen-bond donors (Lipinski definition) is 0. The van der Waals surface area contributed by atoms with E-state index in [1.807, 2.05) is 0 Å². The maximum Gasteiger partial charge on any atom is 1.00 e. The lowest BCUT2D eigenvalue weighted by atomic mass is 10.7. The Bertz CT molecular complexity index is 151. The van der Waals surface area contributed by atoms with Gasteiger partial charge < -0.3 is 26.8 Å². The van der Waals surface area contributed by atoms with E-state index in [2.05, 4.69) is 0 Å². The number of nitrogens with zero attached hydrogens (tertiary/aromatic N) is 2.